The van der Waals surface area contributed by atoms with Gasteiger partial charge in [-0.1, -0.05) is 17.7 Å². The van der Waals surface area contributed by atoms with E-state index in [2.05, 4.69) is 31.1 Å². The van der Waals surface area contributed by atoms with Crippen molar-refractivity contribution in [3.8, 4) is 23.2 Å². The number of piperidine rings is 1. The number of ether oxygens (including phenoxy) is 1. The summed E-state index contributed by atoms with van der Waals surface area (Å²) < 4.78 is 53.4. The first-order valence-corrected chi connectivity index (χ1v) is 19.9. The van der Waals surface area contributed by atoms with Crippen LogP contribution in [0, 0.1) is 34.8 Å². The van der Waals surface area contributed by atoms with Gasteiger partial charge in [0.2, 0.25) is 0 Å². The number of hydrogen-bond donors (Lipinski definition) is 3. The molecule has 5 aliphatic heterocycles. The molecule has 2 aromatic carbocycles. The van der Waals surface area contributed by atoms with Crippen LogP contribution in [0.3, 0.4) is 0 Å². The van der Waals surface area contributed by atoms with E-state index >= 15 is 8.78 Å². The lowest BCUT2D eigenvalue weighted by molar-refractivity contribution is -0.0138. The molecule has 6 aliphatic rings. The van der Waals surface area contributed by atoms with Crippen molar-refractivity contribution in [1.82, 2.24) is 25.1 Å². The molecule has 278 valence electrons. The molecule has 0 bridgehead atoms. The van der Waals surface area contributed by atoms with Crippen molar-refractivity contribution in [1.29, 1.82) is 5.26 Å². The fourth-order valence-electron chi connectivity index (χ4n) is 10.1. The largest absolute Gasteiger partial charge is 0.461 e. The maximum atomic E-state index is 17.2. The molecule has 6 fully saturated rings. The Balaban J connectivity index is 1.06. The third kappa shape index (κ3) is 5.48. The van der Waals surface area contributed by atoms with Gasteiger partial charge in [-0.2, -0.15) is 15.2 Å². The summed E-state index contributed by atoms with van der Waals surface area (Å²) in [6.45, 7) is 3.35. The minimum absolute atomic E-state index is 0.0233. The van der Waals surface area contributed by atoms with Crippen LogP contribution in [0.4, 0.5) is 24.0 Å². The first kappa shape index (κ1) is 34.1. The topological polar surface area (TPSA) is 137 Å². The Kier molecular flexibility index (Phi) is 8.06. The van der Waals surface area contributed by atoms with Crippen molar-refractivity contribution >= 4 is 54.7 Å². The minimum atomic E-state index is -0.942. The molecule has 1 saturated carbocycles. The number of nitrogen functional groups attached to an aromatic ring is 1. The van der Waals surface area contributed by atoms with Crippen LogP contribution in [0.1, 0.15) is 50.5 Å². The fraction of sp³-hybridized carbons (Fsp3) is 0.553. The number of aliphatic hydroxyl groups is 1. The Morgan fingerprint density at radius 2 is 1.98 bits per heavy atom. The van der Waals surface area contributed by atoms with Crippen LogP contribution < -0.4 is 20.7 Å². The van der Waals surface area contributed by atoms with E-state index in [0.29, 0.717) is 55.1 Å². The highest BCUT2D eigenvalue weighted by molar-refractivity contribution is 7.23. The smallest absolute Gasteiger partial charge is 0.319 e. The zero-order valence-electron chi connectivity index (χ0n) is 29.0. The van der Waals surface area contributed by atoms with Crippen LogP contribution in [-0.2, 0) is 0 Å². The summed E-state index contributed by atoms with van der Waals surface area (Å²) in [6.07, 6.45) is 4.86. The van der Waals surface area contributed by atoms with Crippen LogP contribution in [0.25, 0.3) is 32.1 Å². The van der Waals surface area contributed by atoms with E-state index < -0.39 is 29.6 Å². The molecule has 0 radical (unpaired) electrons. The molecule has 2 aromatic heterocycles. The van der Waals surface area contributed by atoms with Crippen molar-refractivity contribution < 1.29 is 23.0 Å². The number of nitrogens with one attached hydrogen (secondary N) is 1. The molecular formula is C38H40ClF3N8O2S. The van der Waals surface area contributed by atoms with E-state index in [9.17, 15) is 14.8 Å². The highest BCUT2D eigenvalue weighted by Crippen LogP contribution is 2.48. The Morgan fingerprint density at radius 1 is 1.15 bits per heavy atom. The summed E-state index contributed by atoms with van der Waals surface area (Å²) in [5.41, 5.74) is 5.87. The van der Waals surface area contributed by atoms with Crippen LogP contribution in [0.5, 0.6) is 6.01 Å². The van der Waals surface area contributed by atoms with E-state index in [0.717, 1.165) is 50.1 Å². The summed E-state index contributed by atoms with van der Waals surface area (Å²) in [5.74, 6) is 0.210. The van der Waals surface area contributed by atoms with E-state index in [-0.39, 0.29) is 67.0 Å². The van der Waals surface area contributed by atoms with Crippen molar-refractivity contribution in [3.63, 3.8) is 0 Å². The highest BCUT2D eigenvalue weighted by atomic mass is 35.5. The van der Waals surface area contributed by atoms with Gasteiger partial charge in [0.1, 0.15) is 47.2 Å². The van der Waals surface area contributed by atoms with Gasteiger partial charge in [0.15, 0.2) is 5.82 Å². The average molecular weight is 765 g/mol. The van der Waals surface area contributed by atoms with Crippen molar-refractivity contribution in [3.05, 3.63) is 40.4 Å². The van der Waals surface area contributed by atoms with Gasteiger partial charge in [0.25, 0.3) is 0 Å². The number of likely N-dealkylation sites (tertiary alicyclic amines) is 1. The molecular weight excluding hydrogens is 725 g/mol. The molecule has 4 N–H and O–H groups in total. The van der Waals surface area contributed by atoms with Gasteiger partial charge in [-0.15, -0.1) is 11.3 Å². The quantitative estimate of drug-likeness (QED) is 0.188. The van der Waals surface area contributed by atoms with E-state index in [1.807, 2.05) is 0 Å². The predicted molar refractivity (Wildman–Crippen MR) is 198 cm³/mol. The number of halogens is 4. The average Bonchev–Trinajstić information content (AvgIpc) is 3.99. The third-order valence-corrected chi connectivity index (χ3v) is 14.3. The number of alkyl halides is 1. The second-order valence-electron chi connectivity index (χ2n) is 15.9. The Bertz CT molecular complexity index is 2200. The summed E-state index contributed by atoms with van der Waals surface area (Å²) in [4.78, 5) is 16.0. The number of nitriles is 1. The summed E-state index contributed by atoms with van der Waals surface area (Å²) in [5, 5.41) is 25.7. The number of aliphatic hydroxyl groups excluding tert-OH is 1. The monoisotopic (exact) mass is 764 g/mol. The molecule has 3 unspecified atom stereocenters. The number of nitrogens with zero attached hydrogens (tertiary/aromatic N) is 6. The van der Waals surface area contributed by atoms with Crippen molar-refractivity contribution in [2.45, 2.75) is 81.0 Å². The lowest BCUT2D eigenvalue weighted by Crippen LogP contribution is -2.53. The lowest BCUT2D eigenvalue weighted by Gasteiger charge is -2.41. The maximum Gasteiger partial charge on any atom is 0.319 e. The Morgan fingerprint density at radius 3 is 2.79 bits per heavy atom. The molecule has 0 spiro atoms. The molecule has 10 nitrogen and oxygen atoms in total. The normalized spacial score (nSPS) is 30.6. The number of nitrogens with two attached hydrogens (primary N) is 1. The first-order valence-electron chi connectivity index (χ1n) is 18.7. The van der Waals surface area contributed by atoms with Gasteiger partial charge in [-0.25, -0.2) is 13.2 Å². The maximum absolute atomic E-state index is 17.2. The Hall–Kier alpha value is -3.45. The van der Waals surface area contributed by atoms with Gasteiger partial charge < -0.3 is 25.8 Å². The molecule has 10 rings (SSSR count). The van der Waals surface area contributed by atoms with Gasteiger partial charge in [0, 0.05) is 61.0 Å². The van der Waals surface area contributed by atoms with E-state index in [4.69, 9.17) is 27.1 Å². The first-order chi connectivity index (χ1) is 25.6. The van der Waals surface area contributed by atoms with E-state index in [1.54, 1.807) is 6.07 Å². The van der Waals surface area contributed by atoms with Crippen LogP contribution >= 0.6 is 22.9 Å². The second kappa shape index (κ2) is 12.5. The number of rotatable bonds is 8. The standard InChI is InChI=1S/C38H40ClF3N8O2S/c39-24-12-22-31(29(42)28(24)21-4-5-25(41)33-27(21)23(14-43)34(44)53-33)46-37(52-17-38-8-1-9-49(38)15-20(40)13-38)47-35(22)48-10-6-18-7-11-50(26(18)16-48)36(51)32-30(45-32)19-2-3-19/h4-5,12,18-20,26,30,32,36,45,51H,1-3,6-11,13,15-17,44H2/t18?,20-,26?,30+,32-,36?,38+/m1/s1. The summed E-state index contributed by atoms with van der Waals surface area (Å²) in [7, 11) is 0. The van der Waals surface area contributed by atoms with Gasteiger partial charge in [-0.05, 0) is 74.6 Å². The number of anilines is 2. The Labute approximate surface area is 313 Å². The van der Waals surface area contributed by atoms with Crippen LogP contribution in [0.15, 0.2) is 18.2 Å². The highest BCUT2D eigenvalue weighted by Gasteiger charge is 2.54. The van der Waals surface area contributed by atoms with E-state index in [1.165, 1.54) is 25.0 Å². The number of benzene rings is 2. The number of hydrogen-bond acceptors (Lipinski definition) is 11. The molecule has 1 aliphatic carbocycles. The summed E-state index contributed by atoms with van der Waals surface area (Å²) >= 11 is 7.89. The molecule has 5 saturated heterocycles. The number of thiophene rings is 1. The van der Waals surface area contributed by atoms with Crippen LogP contribution in [-0.4, -0.2) is 100 Å². The lowest BCUT2D eigenvalue weighted by atomic mass is 9.91. The number of fused-ring (bicyclic) bond motifs is 4. The van der Waals surface area contributed by atoms with Crippen LogP contribution in [0.2, 0.25) is 5.02 Å². The van der Waals surface area contributed by atoms with Gasteiger partial charge in [0.05, 0.1) is 26.9 Å². The molecule has 53 heavy (non-hydrogen) atoms. The van der Waals surface area contributed by atoms with Crippen molar-refractivity contribution in [2.24, 2.45) is 11.8 Å². The zero-order valence-corrected chi connectivity index (χ0v) is 30.6. The molecule has 7 atom stereocenters. The minimum Gasteiger partial charge on any atom is -0.461 e. The zero-order chi connectivity index (χ0) is 36.3. The SMILES string of the molecule is N#Cc1c(N)sc2c(F)ccc(-c3c(Cl)cc4c(N5CCC6CCN(C(O)[C@@H]7N[C@H]7C7CC7)C6C5)nc(OC[C@@]56CCCN5C[C@H](F)C6)nc4c3F)c12. The van der Waals surface area contributed by atoms with Gasteiger partial charge >= 0.3 is 6.01 Å². The predicted octanol–water partition coefficient (Wildman–Crippen LogP) is 5.82. The second-order valence-corrected chi connectivity index (χ2v) is 17.4. The molecule has 0 amide bonds. The van der Waals surface area contributed by atoms with Gasteiger partial charge in [-0.3, -0.25) is 9.80 Å². The fourth-order valence-corrected chi connectivity index (χ4v) is 11.3. The van der Waals surface area contributed by atoms with Crippen molar-refractivity contribution in [2.75, 3.05) is 50.0 Å². The number of aromatic nitrogens is 2. The molecule has 4 aromatic rings. The summed E-state index contributed by atoms with van der Waals surface area (Å²) in [6, 6.07) is 6.83. The molecule has 15 heteroatoms. The molecule has 7 heterocycles. The third-order valence-electron chi connectivity index (χ3n) is 12.9.